The number of anilines is 4. The Bertz CT molecular complexity index is 3400. The maximum Gasteiger partial charge on any atom is 0.337 e. The summed E-state index contributed by atoms with van der Waals surface area (Å²) in [6, 6.07) is 22.6. The van der Waals surface area contributed by atoms with Gasteiger partial charge >= 0.3 is 11.9 Å². The fraction of sp³-hybridized carbons (Fsp3) is 0.365. The van der Waals surface area contributed by atoms with Crippen LogP contribution in [-0.2, 0) is 28.7 Å². The Kier molecular flexibility index (Phi) is 26.6. The average molecular weight is 1160 g/mol. The molecule has 0 unspecified atom stereocenters. The minimum Gasteiger partial charge on any atom is -0.465 e. The number of amidine groups is 1. The van der Waals surface area contributed by atoms with Crippen molar-refractivity contribution in [1.29, 1.82) is 0 Å². The number of carbonyl (C=O) groups is 3. The number of ether oxygens (including phenoxy) is 2. The van der Waals surface area contributed by atoms with Crippen molar-refractivity contribution in [3.05, 3.63) is 160 Å². The predicted octanol–water partition coefficient (Wildman–Crippen LogP) is 10.0. The normalized spacial score (nSPS) is 12.3. The van der Waals surface area contributed by atoms with Crippen LogP contribution in [0.5, 0.6) is 0 Å². The second kappa shape index (κ2) is 34.1. The largest absolute Gasteiger partial charge is 0.465 e. The van der Waals surface area contributed by atoms with Crippen molar-refractivity contribution in [2.24, 2.45) is 15.0 Å². The number of pyridine rings is 6. The molecule has 22 heteroatoms. The van der Waals surface area contributed by atoms with Crippen LogP contribution in [0.3, 0.4) is 0 Å². The van der Waals surface area contributed by atoms with Gasteiger partial charge in [-0.3, -0.25) is 29.8 Å². The molecule has 9 heterocycles. The number of amides is 1. The zero-order valence-electron chi connectivity index (χ0n) is 51.4. The molecule has 3 aliphatic rings. The van der Waals surface area contributed by atoms with E-state index in [9.17, 15) is 14.4 Å². The van der Waals surface area contributed by atoms with Gasteiger partial charge in [0.15, 0.2) is 11.7 Å². The highest BCUT2D eigenvalue weighted by Crippen LogP contribution is 2.40. The van der Waals surface area contributed by atoms with Gasteiger partial charge in [0.05, 0.1) is 38.4 Å². The molecule has 0 radical (unpaired) electrons. The number of nitrogens with zero attached hydrogens (tertiary/aromatic N) is 12. The first-order valence-electron chi connectivity index (χ1n) is 28.2. The summed E-state index contributed by atoms with van der Waals surface area (Å²) in [4.78, 5) is 78.7. The number of H-pyrrole nitrogens is 1. The number of nitrogens with one attached hydrogen (secondary N) is 5. The zero-order chi connectivity index (χ0) is 61.8. The molecule has 85 heavy (non-hydrogen) atoms. The van der Waals surface area contributed by atoms with Crippen LogP contribution in [0.4, 0.5) is 23.3 Å². The van der Waals surface area contributed by atoms with Crippen molar-refractivity contribution < 1.29 is 23.9 Å². The number of aryl methyl sites for hydroxylation is 4. The number of methoxy groups -OCH3 is 2. The molecule has 0 aromatic carbocycles. The molecule has 10 rings (SSSR count). The van der Waals surface area contributed by atoms with Crippen molar-refractivity contribution in [1.82, 2.24) is 50.0 Å². The number of esters is 2. The summed E-state index contributed by atoms with van der Waals surface area (Å²) in [6.45, 7) is 13.6. The molecule has 1 aliphatic carbocycles. The Morgan fingerprint density at radius 3 is 1.71 bits per heavy atom. The number of hydrogen-bond donors (Lipinski definition) is 5. The lowest BCUT2D eigenvalue weighted by molar-refractivity contribution is 0.0591. The second-order valence-electron chi connectivity index (χ2n) is 19.7. The number of hydrogen-bond acceptors (Lipinski definition) is 20. The highest BCUT2D eigenvalue weighted by atomic mass is 16.5. The molecule has 22 nitrogen and oxygen atoms in total. The summed E-state index contributed by atoms with van der Waals surface area (Å²) in [5.74, 6) is 5.19. The number of allylic oxidation sites excluding steroid dienone is 1. The highest BCUT2D eigenvalue weighted by molar-refractivity contribution is 6.11. The summed E-state index contributed by atoms with van der Waals surface area (Å²) in [6.07, 6.45) is 15.7. The van der Waals surface area contributed by atoms with Crippen LogP contribution in [0.25, 0.3) is 17.0 Å². The summed E-state index contributed by atoms with van der Waals surface area (Å²) >= 11 is 0. The van der Waals surface area contributed by atoms with Crippen LogP contribution in [0, 0.1) is 6.92 Å². The van der Waals surface area contributed by atoms with E-state index in [1.807, 2.05) is 111 Å². The van der Waals surface area contributed by atoms with Crippen LogP contribution in [0.15, 0.2) is 113 Å². The van der Waals surface area contributed by atoms with Crippen LogP contribution < -0.4 is 21.3 Å². The first-order chi connectivity index (χ1) is 41.0. The lowest BCUT2D eigenvalue weighted by atomic mass is 10.1. The smallest absolute Gasteiger partial charge is 0.337 e. The molecule has 448 valence electrons. The van der Waals surface area contributed by atoms with Crippen molar-refractivity contribution in [2.75, 3.05) is 90.9 Å². The van der Waals surface area contributed by atoms with Crippen LogP contribution in [0.1, 0.15) is 136 Å². The fourth-order valence-electron chi connectivity index (χ4n) is 7.96. The van der Waals surface area contributed by atoms with E-state index in [0.29, 0.717) is 35.1 Å². The highest BCUT2D eigenvalue weighted by Gasteiger charge is 2.27. The van der Waals surface area contributed by atoms with Gasteiger partial charge in [0, 0.05) is 124 Å². The van der Waals surface area contributed by atoms with Crippen molar-refractivity contribution >= 4 is 65.0 Å². The molecule has 0 saturated heterocycles. The quantitative estimate of drug-likeness (QED) is 0.0597. The molecule has 0 bridgehead atoms. The molecule has 2 aliphatic heterocycles. The number of aromatic nitrogens is 9. The summed E-state index contributed by atoms with van der Waals surface area (Å²) in [5.41, 5.74) is 12.0. The lowest BCUT2D eigenvalue weighted by Gasteiger charge is -2.12. The van der Waals surface area contributed by atoms with Crippen molar-refractivity contribution in [3.8, 4) is 11.4 Å². The summed E-state index contributed by atoms with van der Waals surface area (Å²) < 4.78 is 9.37. The third-order valence-corrected chi connectivity index (χ3v) is 12.8. The Hall–Kier alpha value is -9.60. The Labute approximate surface area is 499 Å². The average Bonchev–Trinajstić information content (AvgIpc) is 4.08. The van der Waals surface area contributed by atoms with Crippen molar-refractivity contribution in [2.45, 2.75) is 85.5 Å². The molecular weight excluding hydrogens is 1070 g/mol. The van der Waals surface area contributed by atoms with E-state index in [0.717, 1.165) is 106 Å². The lowest BCUT2D eigenvalue weighted by Crippen LogP contribution is -2.22. The van der Waals surface area contributed by atoms with Crippen LogP contribution in [0.2, 0.25) is 0 Å². The van der Waals surface area contributed by atoms with Crippen LogP contribution in [-0.4, -0.2) is 156 Å². The molecule has 0 atom stereocenters. The third-order valence-electron chi connectivity index (χ3n) is 12.8. The summed E-state index contributed by atoms with van der Waals surface area (Å²) in [5, 5.41) is 18.5. The molecule has 0 spiro atoms. The molecule has 5 N–H and O–H groups in total. The van der Waals surface area contributed by atoms with E-state index in [4.69, 9.17) is 4.74 Å². The standard InChI is InChI=1S/C12H17N3O.C12H17NO2.C11H15NO2.C10H12N4.C10H11N3.C8H9N5/c1-13-11-7-9(12(16)15(2)3)6-10(14-11)8-4-5-8;1-5-10-6-9(12(14)15-4)7-11(13-10)8(2)3;1-4-9-6-8(11(13)14-3)7-10(5-2)12-9;1-7-5-8(6-9(11-2)14-7)10-12-3-4-13-10;1-11-10-6-8(3-5-13-10)9-2-4-12-7-9;1-9-7-4-6(2-3-10-7)8-11-5-12-13-8/h6-8H,4-5H2,1-3H3,(H,13,14);6-8H,5H2,1-4H3;6-7H,4-5H2,1-3H3;3,5-6H,4H2,1-2H3,(H,11,14);2-3,5-7H,4H2,1H3,(H,11,13);2-5H,1H3,(H,9,10)(H,11,12,13). The molecular formula is C63H81N17O5. The van der Waals surface area contributed by atoms with Gasteiger partial charge in [0.2, 0.25) is 0 Å². The molecule has 1 saturated carbocycles. The number of aliphatic imine (C=N–C) groups is 3. The van der Waals surface area contributed by atoms with Gasteiger partial charge in [0.1, 0.15) is 29.6 Å². The van der Waals surface area contributed by atoms with E-state index in [-0.39, 0.29) is 17.8 Å². The van der Waals surface area contributed by atoms with Gasteiger partial charge < -0.3 is 35.6 Å². The monoisotopic (exact) mass is 1160 g/mol. The first-order valence-corrected chi connectivity index (χ1v) is 28.2. The third kappa shape index (κ3) is 21.0. The van der Waals surface area contributed by atoms with E-state index in [1.165, 1.54) is 44.5 Å². The molecule has 7 aromatic heterocycles. The number of rotatable bonds is 15. The Morgan fingerprint density at radius 2 is 1.21 bits per heavy atom. The zero-order valence-corrected chi connectivity index (χ0v) is 51.4. The Morgan fingerprint density at radius 1 is 0.647 bits per heavy atom. The van der Waals surface area contributed by atoms with E-state index < -0.39 is 0 Å². The molecule has 1 fully saturated rings. The van der Waals surface area contributed by atoms with Crippen LogP contribution >= 0.6 is 0 Å². The maximum atomic E-state index is 11.9. The molecule has 7 aromatic rings. The van der Waals surface area contributed by atoms with Gasteiger partial charge in [-0.1, -0.05) is 40.7 Å². The minimum absolute atomic E-state index is 0.0285. The van der Waals surface area contributed by atoms with Crippen molar-refractivity contribution in [3.63, 3.8) is 0 Å². The number of carbonyl (C=O) groups excluding carboxylic acids is 3. The van der Waals surface area contributed by atoms with Gasteiger partial charge in [0.25, 0.3) is 5.91 Å². The SMILES string of the molecule is CCc1cc(C(=O)OC)cc(C(C)C)n1.CCc1cc(C(=O)OC)cc(CC)n1.CNc1cc(-c2ncn[nH]2)ccn1.CNc1cc(C(=O)N(C)C)cc(C2CC2)n1.CNc1cc(C2=CCN=C2)ccn1.CNc1cc(C2=NCC=N2)cc(C)n1. The Balaban J connectivity index is 0.000000187. The van der Waals surface area contributed by atoms with Gasteiger partial charge in [-0.25, -0.2) is 39.5 Å². The summed E-state index contributed by atoms with van der Waals surface area (Å²) in [7, 11) is 13.7. The van der Waals surface area contributed by atoms with Gasteiger partial charge in [-0.05, 0) is 129 Å². The first kappa shape index (κ1) is 66.2. The topological polar surface area (TPSA) is 277 Å². The van der Waals surface area contributed by atoms with Gasteiger partial charge in [-0.15, -0.1) is 0 Å². The van der Waals surface area contributed by atoms with E-state index >= 15 is 0 Å². The van der Waals surface area contributed by atoms with E-state index in [2.05, 4.69) is 106 Å². The fourth-order valence-corrected chi connectivity index (χ4v) is 7.96. The van der Waals surface area contributed by atoms with E-state index in [1.54, 1.807) is 61.7 Å². The minimum atomic E-state index is -0.297. The predicted molar refractivity (Wildman–Crippen MR) is 340 cm³/mol. The second-order valence-corrected chi connectivity index (χ2v) is 19.7. The van der Waals surface area contributed by atoms with Gasteiger partial charge in [-0.2, -0.15) is 5.10 Å². The maximum absolute atomic E-state index is 11.9. The molecule has 1 amide bonds. The number of aromatic amines is 1.